The zero-order valence-electron chi connectivity index (χ0n) is 19.3. The van der Waals surface area contributed by atoms with Crippen molar-refractivity contribution in [2.24, 2.45) is 0 Å². The van der Waals surface area contributed by atoms with Gasteiger partial charge in [0.15, 0.2) is 11.0 Å². The van der Waals surface area contributed by atoms with Crippen molar-refractivity contribution in [3.05, 3.63) is 95.3 Å². The molecule has 8 heteroatoms. The fourth-order valence-electron chi connectivity index (χ4n) is 3.45. The molecule has 1 amide bonds. The third kappa shape index (κ3) is 5.58. The number of nitrogens with zero attached hydrogens (tertiary/aromatic N) is 3. The van der Waals surface area contributed by atoms with Gasteiger partial charge in [-0.05, 0) is 61.0 Å². The second kappa shape index (κ2) is 10.9. The number of aryl methyl sites for hydroxylation is 1. The summed E-state index contributed by atoms with van der Waals surface area (Å²) in [6.45, 7) is 2.31. The summed E-state index contributed by atoms with van der Waals surface area (Å²) in [5, 5.41) is 12.5. The van der Waals surface area contributed by atoms with Gasteiger partial charge in [-0.25, -0.2) is 0 Å². The van der Waals surface area contributed by atoms with E-state index in [0.717, 1.165) is 22.3 Å². The largest absolute Gasteiger partial charge is 0.497 e. The van der Waals surface area contributed by atoms with Crippen molar-refractivity contribution in [2.45, 2.75) is 24.4 Å². The molecule has 4 aromatic rings. The van der Waals surface area contributed by atoms with Crippen LogP contribution in [-0.4, -0.2) is 34.9 Å². The lowest BCUT2D eigenvalue weighted by Gasteiger charge is -2.12. The predicted octanol–water partition coefficient (Wildman–Crippen LogP) is 4.82. The number of hydrogen-bond donors (Lipinski definition) is 1. The number of nitrogens with one attached hydrogen (secondary N) is 1. The smallest absolute Gasteiger partial charge is 0.251 e. The zero-order valence-corrected chi connectivity index (χ0v) is 20.1. The topological polar surface area (TPSA) is 78.3 Å². The maximum atomic E-state index is 12.7. The normalized spacial score (nSPS) is 10.7. The van der Waals surface area contributed by atoms with Crippen LogP contribution in [0.4, 0.5) is 0 Å². The van der Waals surface area contributed by atoms with Crippen LogP contribution >= 0.6 is 11.8 Å². The van der Waals surface area contributed by atoms with E-state index >= 15 is 0 Å². The Balaban J connectivity index is 1.55. The fraction of sp³-hybridized carbons (Fsp3) is 0.192. The van der Waals surface area contributed by atoms with E-state index in [-0.39, 0.29) is 12.5 Å². The Bertz CT molecular complexity index is 1250. The lowest BCUT2D eigenvalue weighted by Crippen LogP contribution is -2.24. The molecule has 0 bridgehead atoms. The number of hydrogen-bond acceptors (Lipinski definition) is 6. The van der Waals surface area contributed by atoms with Gasteiger partial charge in [-0.1, -0.05) is 41.6 Å². The Kier molecular flexibility index (Phi) is 7.49. The number of thioether (sulfide) groups is 1. The highest BCUT2D eigenvalue weighted by Gasteiger charge is 2.16. The maximum Gasteiger partial charge on any atom is 0.251 e. The molecular weight excluding hydrogens is 448 g/mol. The SMILES string of the molecule is COc1ccc(C(=O)NCc2nnc(SCc3cccc(C)c3)n2-c2ccc(OC)cc2)cc1. The maximum absolute atomic E-state index is 12.7. The molecule has 0 saturated carbocycles. The van der Waals surface area contributed by atoms with Crippen LogP contribution in [0.3, 0.4) is 0 Å². The third-order valence-electron chi connectivity index (χ3n) is 5.24. The molecule has 0 saturated heterocycles. The molecule has 1 aromatic heterocycles. The number of methoxy groups -OCH3 is 2. The predicted molar refractivity (Wildman–Crippen MR) is 133 cm³/mol. The number of carbonyl (C=O) groups excluding carboxylic acids is 1. The quantitative estimate of drug-likeness (QED) is 0.351. The molecule has 7 nitrogen and oxygen atoms in total. The van der Waals surface area contributed by atoms with Crippen LogP contribution in [0.25, 0.3) is 5.69 Å². The van der Waals surface area contributed by atoms with E-state index in [4.69, 9.17) is 9.47 Å². The summed E-state index contributed by atoms with van der Waals surface area (Å²) in [7, 11) is 3.23. The molecule has 0 aliphatic carbocycles. The number of ether oxygens (including phenoxy) is 2. The third-order valence-corrected chi connectivity index (χ3v) is 6.24. The molecule has 0 unspecified atom stereocenters. The molecule has 0 spiro atoms. The Hall–Kier alpha value is -3.78. The first kappa shape index (κ1) is 23.4. The lowest BCUT2D eigenvalue weighted by atomic mass is 10.2. The molecule has 4 rings (SSSR count). The van der Waals surface area contributed by atoms with Crippen LogP contribution in [0.1, 0.15) is 27.3 Å². The molecule has 34 heavy (non-hydrogen) atoms. The highest BCUT2D eigenvalue weighted by atomic mass is 32.2. The van der Waals surface area contributed by atoms with E-state index in [9.17, 15) is 4.79 Å². The molecule has 0 aliphatic heterocycles. The summed E-state index contributed by atoms with van der Waals surface area (Å²) < 4.78 is 12.4. The highest BCUT2D eigenvalue weighted by molar-refractivity contribution is 7.98. The lowest BCUT2D eigenvalue weighted by molar-refractivity contribution is 0.0949. The van der Waals surface area contributed by atoms with Crippen LogP contribution < -0.4 is 14.8 Å². The molecule has 0 fully saturated rings. The minimum atomic E-state index is -0.194. The first-order valence-corrected chi connectivity index (χ1v) is 11.8. The Morgan fingerprint density at radius 3 is 2.26 bits per heavy atom. The molecule has 0 aliphatic rings. The van der Waals surface area contributed by atoms with Gasteiger partial charge in [-0.2, -0.15) is 0 Å². The Morgan fingerprint density at radius 1 is 0.941 bits per heavy atom. The highest BCUT2D eigenvalue weighted by Crippen LogP contribution is 2.26. The van der Waals surface area contributed by atoms with Crippen LogP contribution in [0.5, 0.6) is 11.5 Å². The summed E-state index contributed by atoms with van der Waals surface area (Å²) in [6, 6.07) is 23.1. The second-order valence-corrected chi connectivity index (χ2v) is 8.56. The van der Waals surface area contributed by atoms with E-state index in [2.05, 4.69) is 46.7 Å². The van der Waals surface area contributed by atoms with E-state index < -0.39 is 0 Å². The molecular formula is C26H26N4O3S. The molecule has 0 radical (unpaired) electrons. The Labute approximate surface area is 203 Å². The van der Waals surface area contributed by atoms with Crippen LogP contribution in [0.2, 0.25) is 0 Å². The van der Waals surface area contributed by atoms with Crippen molar-refractivity contribution in [1.29, 1.82) is 0 Å². The standard InChI is InChI=1S/C26H26N4O3S/c1-18-5-4-6-19(15-18)17-34-26-29-28-24(30(26)21-9-13-23(33-3)14-10-21)16-27-25(31)20-7-11-22(32-2)12-8-20/h4-15H,16-17H2,1-3H3,(H,27,31). The van der Waals surface area contributed by atoms with Gasteiger partial charge in [0.1, 0.15) is 11.5 Å². The van der Waals surface area contributed by atoms with Gasteiger partial charge >= 0.3 is 0 Å². The average molecular weight is 475 g/mol. The number of carbonyl (C=O) groups is 1. The van der Waals surface area contributed by atoms with E-state index in [0.29, 0.717) is 17.1 Å². The van der Waals surface area contributed by atoms with Crippen LogP contribution in [0, 0.1) is 6.92 Å². The minimum Gasteiger partial charge on any atom is -0.497 e. The van der Waals surface area contributed by atoms with Crippen LogP contribution in [0.15, 0.2) is 78.0 Å². The first-order valence-electron chi connectivity index (χ1n) is 10.8. The van der Waals surface area contributed by atoms with Crippen molar-refractivity contribution >= 4 is 17.7 Å². The van der Waals surface area contributed by atoms with E-state index in [1.54, 1.807) is 50.2 Å². The van der Waals surface area contributed by atoms with Crippen molar-refractivity contribution in [3.8, 4) is 17.2 Å². The number of benzene rings is 3. The van der Waals surface area contributed by atoms with Crippen molar-refractivity contribution in [1.82, 2.24) is 20.1 Å². The summed E-state index contributed by atoms with van der Waals surface area (Å²) >= 11 is 1.60. The first-order chi connectivity index (χ1) is 16.6. The van der Waals surface area contributed by atoms with Crippen LogP contribution in [-0.2, 0) is 12.3 Å². The van der Waals surface area contributed by atoms with Gasteiger partial charge in [-0.3, -0.25) is 9.36 Å². The monoisotopic (exact) mass is 474 g/mol. The van der Waals surface area contributed by atoms with Gasteiger partial charge < -0.3 is 14.8 Å². The molecule has 0 atom stereocenters. The van der Waals surface area contributed by atoms with Gasteiger partial charge in [0, 0.05) is 17.0 Å². The molecule has 3 aromatic carbocycles. The van der Waals surface area contributed by atoms with Gasteiger partial charge in [0.25, 0.3) is 5.91 Å². The summed E-state index contributed by atoms with van der Waals surface area (Å²) in [5.41, 5.74) is 3.87. The molecule has 1 N–H and O–H groups in total. The number of rotatable bonds is 9. The Morgan fingerprint density at radius 2 is 1.62 bits per heavy atom. The van der Waals surface area contributed by atoms with Crippen molar-refractivity contribution in [2.75, 3.05) is 14.2 Å². The summed E-state index contributed by atoms with van der Waals surface area (Å²) in [4.78, 5) is 12.7. The summed E-state index contributed by atoms with van der Waals surface area (Å²) in [6.07, 6.45) is 0. The van der Waals surface area contributed by atoms with Gasteiger partial charge in [0.05, 0.1) is 20.8 Å². The average Bonchev–Trinajstić information content (AvgIpc) is 3.29. The van der Waals surface area contributed by atoms with Crippen molar-refractivity contribution < 1.29 is 14.3 Å². The number of amides is 1. The van der Waals surface area contributed by atoms with Gasteiger partial charge in [0.2, 0.25) is 0 Å². The zero-order chi connectivity index (χ0) is 23.9. The van der Waals surface area contributed by atoms with E-state index in [1.165, 1.54) is 11.1 Å². The molecule has 174 valence electrons. The summed E-state index contributed by atoms with van der Waals surface area (Å²) in [5.74, 6) is 2.67. The minimum absolute atomic E-state index is 0.194. The second-order valence-electron chi connectivity index (χ2n) is 7.62. The fourth-order valence-corrected chi connectivity index (χ4v) is 4.37. The number of aromatic nitrogens is 3. The van der Waals surface area contributed by atoms with Crippen molar-refractivity contribution in [3.63, 3.8) is 0 Å². The van der Waals surface area contributed by atoms with E-state index in [1.807, 2.05) is 28.8 Å². The van der Waals surface area contributed by atoms with Gasteiger partial charge in [-0.15, -0.1) is 10.2 Å². The molecule has 1 heterocycles.